The Morgan fingerprint density at radius 3 is 2.47 bits per heavy atom. The minimum atomic E-state index is -2.87. The standard InChI is InChI=1S/C10H23NO3S/c1-4-15(12,13)9-8-14-7-5-6-11-10(2)3/h10-11H,4-9H2,1-3H3. The van der Waals surface area contributed by atoms with E-state index in [1.165, 1.54) is 0 Å². The number of nitrogens with one attached hydrogen (secondary N) is 1. The van der Waals surface area contributed by atoms with Gasteiger partial charge in [-0.2, -0.15) is 0 Å². The minimum absolute atomic E-state index is 0.140. The lowest BCUT2D eigenvalue weighted by atomic mass is 10.3. The molecule has 4 nitrogen and oxygen atoms in total. The van der Waals surface area contributed by atoms with Gasteiger partial charge in [-0.1, -0.05) is 20.8 Å². The summed E-state index contributed by atoms with van der Waals surface area (Å²) >= 11 is 0. The van der Waals surface area contributed by atoms with Crippen molar-refractivity contribution < 1.29 is 13.2 Å². The first-order valence-electron chi connectivity index (χ1n) is 5.49. The molecule has 0 aliphatic rings. The number of hydrogen-bond donors (Lipinski definition) is 1. The molecule has 0 saturated heterocycles. The molecule has 1 N–H and O–H groups in total. The second kappa shape index (κ2) is 8.07. The molecule has 0 spiro atoms. The van der Waals surface area contributed by atoms with Gasteiger partial charge in [0.2, 0.25) is 0 Å². The van der Waals surface area contributed by atoms with Crippen LogP contribution in [0.25, 0.3) is 0 Å². The summed E-state index contributed by atoms with van der Waals surface area (Å²) in [5.41, 5.74) is 0. The van der Waals surface area contributed by atoms with Gasteiger partial charge in [0.25, 0.3) is 0 Å². The molecule has 0 rings (SSSR count). The zero-order valence-electron chi connectivity index (χ0n) is 9.95. The molecule has 0 bridgehead atoms. The van der Waals surface area contributed by atoms with Crippen molar-refractivity contribution in [2.45, 2.75) is 33.2 Å². The highest BCUT2D eigenvalue weighted by atomic mass is 32.2. The summed E-state index contributed by atoms with van der Waals surface area (Å²) in [5, 5.41) is 3.27. The molecule has 0 aliphatic carbocycles. The number of hydrogen-bond acceptors (Lipinski definition) is 4. The van der Waals surface area contributed by atoms with Crippen LogP contribution in [0.2, 0.25) is 0 Å². The summed E-state index contributed by atoms with van der Waals surface area (Å²) in [6, 6.07) is 0.491. The Morgan fingerprint density at radius 2 is 1.93 bits per heavy atom. The van der Waals surface area contributed by atoms with Crippen LogP contribution in [0.5, 0.6) is 0 Å². The average molecular weight is 237 g/mol. The number of ether oxygens (including phenoxy) is 1. The van der Waals surface area contributed by atoms with E-state index in [0.29, 0.717) is 19.3 Å². The van der Waals surface area contributed by atoms with E-state index in [-0.39, 0.29) is 11.5 Å². The molecule has 0 amide bonds. The topological polar surface area (TPSA) is 55.4 Å². The highest BCUT2D eigenvalue weighted by Crippen LogP contribution is 1.90. The van der Waals surface area contributed by atoms with Crippen LogP contribution in [0.15, 0.2) is 0 Å². The molecule has 0 aromatic heterocycles. The summed E-state index contributed by atoms with van der Waals surface area (Å²) in [5.74, 6) is 0.340. The predicted molar refractivity (Wildman–Crippen MR) is 62.9 cm³/mol. The zero-order chi connectivity index (χ0) is 11.7. The normalized spacial score (nSPS) is 12.3. The molecule has 0 aliphatic heterocycles. The largest absolute Gasteiger partial charge is 0.380 e. The van der Waals surface area contributed by atoms with Crippen molar-refractivity contribution in [3.8, 4) is 0 Å². The van der Waals surface area contributed by atoms with E-state index in [9.17, 15) is 8.42 Å². The van der Waals surface area contributed by atoms with Crippen LogP contribution in [0, 0.1) is 0 Å². The Bertz CT molecular complexity index is 237. The fourth-order valence-electron chi connectivity index (χ4n) is 0.997. The fraction of sp³-hybridized carbons (Fsp3) is 1.00. The van der Waals surface area contributed by atoms with Gasteiger partial charge >= 0.3 is 0 Å². The van der Waals surface area contributed by atoms with E-state index < -0.39 is 9.84 Å². The number of rotatable bonds is 9. The van der Waals surface area contributed by atoms with Crippen molar-refractivity contribution in [1.29, 1.82) is 0 Å². The SMILES string of the molecule is CCS(=O)(=O)CCOCCCNC(C)C. The second-order valence-electron chi connectivity index (χ2n) is 3.81. The summed E-state index contributed by atoms with van der Waals surface area (Å²) in [4.78, 5) is 0. The molecular weight excluding hydrogens is 214 g/mol. The molecule has 0 atom stereocenters. The van der Waals surface area contributed by atoms with Gasteiger partial charge in [-0.15, -0.1) is 0 Å². The molecule has 5 heteroatoms. The van der Waals surface area contributed by atoms with Gasteiger partial charge in [-0.25, -0.2) is 8.42 Å². The predicted octanol–water partition coefficient (Wildman–Crippen LogP) is 0.826. The first-order valence-corrected chi connectivity index (χ1v) is 7.31. The molecule has 0 aromatic carbocycles. The molecule has 0 fully saturated rings. The Kier molecular flexibility index (Phi) is 8.00. The summed E-state index contributed by atoms with van der Waals surface area (Å²) in [7, 11) is -2.87. The van der Waals surface area contributed by atoms with E-state index >= 15 is 0 Å². The van der Waals surface area contributed by atoms with Crippen molar-refractivity contribution >= 4 is 9.84 Å². The average Bonchev–Trinajstić information content (AvgIpc) is 2.16. The summed E-state index contributed by atoms with van der Waals surface area (Å²) in [6.45, 7) is 7.69. The zero-order valence-corrected chi connectivity index (χ0v) is 10.8. The molecular formula is C10H23NO3S. The van der Waals surface area contributed by atoms with Gasteiger partial charge in [0.1, 0.15) is 0 Å². The van der Waals surface area contributed by atoms with Crippen molar-refractivity contribution in [3.05, 3.63) is 0 Å². The second-order valence-corrected chi connectivity index (χ2v) is 6.28. The van der Waals surface area contributed by atoms with E-state index in [4.69, 9.17) is 4.74 Å². The van der Waals surface area contributed by atoms with Crippen molar-refractivity contribution in [1.82, 2.24) is 5.32 Å². The molecule has 15 heavy (non-hydrogen) atoms. The van der Waals surface area contributed by atoms with Gasteiger partial charge in [0.15, 0.2) is 9.84 Å². The van der Waals surface area contributed by atoms with Crippen molar-refractivity contribution in [3.63, 3.8) is 0 Å². The lowest BCUT2D eigenvalue weighted by Gasteiger charge is -2.08. The first-order chi connectivity index (χ1) is 6.98. The minimum Gasteiger partial charge on any atom is -0.380 e. The van der Waals surface area contributed by atoms with Crippen LogP contribution in [0.4, 0.5) is 0 Å². The van der Waals surface area contributed by atoms with Gasteiger partial charge in [0, 0.05) is 18.4 Å². The molecule has 0 radical (unpaired) electrons. The third kappa shape index (κ3) is 10.2. The van der Waals surface area contributed by atoms with Gasteiger partial charge in [-0.05, 0) is 13.0 Å². The fourth-order valence-corrected chi connectivity index (χ4v) is 1.66. The van der Waals surface area contributed by atoms with Crippen LogP contribution >= 0.6 is 0 Å². The van der Waals surface area contributed by atoms with Gasteiger partial charge in [-0.3, -0.25) is 0 Å². The van der Waals surface area contributed by atoms with Gasteiger partial charge in [0.05, 0.1) is 12.4 Å². The third-order valence-corrected chi connectivity index (χ3v) is 3.66. The monoisotopic (exact) mass is 237 g/mol. The van der Waals surface area contributed by atoms with Crippen molar-refractivity contribution in [2.24, 2.45) is 0 Å². The van der Waals surface area contributed by atoms with Crippen LogP contribution in [0.1, 0.15) is 27.2 Å². The van der Waals surface area contributed by atoms with Crippen LogP contribution in [-0.2, 0) is 14.6 Å². The lowest BCUT2D eigenvalue weighted by molar-refractivity contribution is 0.145. The molecule has 0 saturated carbocycles. The van der Waals surface area contributed by atoms with E-state index in [1.807, 2.05) is 0 Å². The maximum Gasteiger partial charge on any atom is 0.152 e. The maximum atomic E-state index is 11.1. The lowest BCUT2D eigenvalue weighted by Crippen LogP contribution is -2.24. The summed E-state index contributed by atoms with van der Waals surface area (Å²) in [6.07, 6.45) is 0.921. The van der Waals surface area contributed by atoms with Crippen LogP contribution < -0.4 is 5.32 Å². The summed E-state index contributed by atoms with van der Waals surface area (Å²) < 4.78 is 27.4. The number of sulfone groups is 1. The van der Waals surface area contributed by atoms with Crippen LogP contribution in [0.3, 0.4) is 0 Å². The van der Waals surface area contributed by atoms with E-state index in [1.54, 1.807) is 6.92 Å². The smallest absolute Gasteiger partial charge is 0.152 e. The first kappa shape index (κ1) is 14.9. The Hall–Kier alpha value is -0.130. The molecule has 92 valence electrons. The highest BCUT2D eigenvalue weighted by molar-refractivity contribution is 7.91. The van der Waals surface area contributed by atoms with Crippen LogP contribution in [-0.4, -0.2) is 45.7 Å². The Balaban J connectivity index is 3.26. The molecule has 0 aromatic rings. The Labute approximate surface area is 93.3 Å². The Morgan fingerprint density at radius 1 is 1.27 bits per heavy atom. The molecule has 0 heterocycles. The quantitative estimate of drug-likeness (QED) is 0.603. The third-order valence-electron chi connectivity index (χ3n) is 2.00. The van der Waals surface area contributed by atoms with E-state index in [2.05, 4.69) is 19.2 Å². The maximum absolute atomic E-state index is 11.1. The van der Waals surface area contributed by atoms with Crippen molar-refractivity contribution in [2.75, 3.05) is 31.3 Å². The highest BCUT2D eigenvalue weighted by Gasteiger charge is 2.05. The van der Waals surface area contributed by atoms with Gasteiger partial charge < -0.3 is 10.1 Å². The molecule has 0 unspecified atom stereocenters. The van der Waals surface area contributed by atoms with E-state index in [0.717, 1.165) is 13.0 Å².